The molecule has 0 N–H and O–H groups in total. The van der Waals surface area contributed by atoms with Crippen LogP contribution in [0.2, 0.25) is 0 Å². The predicted molar refractivity (Wildman–Crippen MR) is 74.0 cm³/mol. The maximum atomic E-state index is 5.90. The smallest absolute Gasteiger partial charge is 0.149 e. The lowest BCUT2D eigenvalue weighted by Gasteiger charge is -2.02. The Labute approximate surface area is 112 Å². The lowest BCUT2D eigenvalue weighted by Crippen LogP contribution is -1.97. The first-order chi connectivity index (χ1) is 8.78. The van der Waals surface area contributed by atoms with E-state index in [2.05, 4.69) is 32.9 Å². The van der Waals surface area contributed by atoms with Crippen LogP contribution < -0.4 is 0 Å². The molecule has 0 aliphatic heterocycles. The highest BCUT2D eigenvalue weighted by Crippen LogP contribution is 2.08. The normalized spacial score (nSPS) is 11.6. The molecule has 0 amide bonds. The first-order valence-corrected chi connectivity index (χ1v) is 6.10. The van der Waals surface area contributed by atoms with Gasteiger partial charge in [-0.05, 0) is 17.2 Å². The van der Waals surface area contributed by atoms with Gasteiger partial charge in [-0.1, -0.05) is 47.1 Å². The van der Waals surface area contributed by atoms with Gasteiger partial charge < -0.3 is 9.40 Å². The molecule has 0 fully saturated rings. The fourth-order valence-corrected chi connectivity index (χ4v) is 2.01. The van der Waals surface area contributed by atoms with Crippen molar-refractivity contribution in [2.45, 2.75) is 13.0 Å². The number of aromatic nitrogens is 1. The van der Waals surface area contributed by atoms with Gasteiger partial charge >= 0.3 is 0 Å². The Hall–Kier alpha value is -1.74. The summed E-state index contributed by atoms with van der Waals surface area (Å²) in [7, 11) is 1.49. The second kappa shape index (κ2) is 6.26. The van der Waals surface area contributed by atoms with E-state index in [9.17, 15) is 0 Å². The number of rotatable bonds is 5. The molecule has 0 bridgehead atoms. The topological polar surface area (TPSA) is 26.5 Å². The zero-order chi connectivity index (χ0) is 12.8. The van der Waals surface area contributed by atoms with Crippen molar-refractivity contribution >= 4 is 16.8 Å². The maximum absolute atomic E-state index is 5.90. The van der Waals surface area contributed by atoms with Crippen LogP contribution in [0, 0.1) is 0 Å². The molecule has 0 atom stereocenters. The third-order valence-electron chi connectivity index (χ3n) is 2.56. The van der Waals surface area contributed by atoms with Gasteiger partial charge in [0.05, 0.1) is 0 Å². The summed E-state index contributed by atoms with van der Waals surface area (Å²) in [4.78, 5) is 4.63. The monoisotopic (exact) mass is 262 g/mol. The Morgan fingerprint density at radius 2 is 2.00 bits per heavy atom. The number of oxime groups is 1. The third-order valence-corrected chi connectivity index (χ3v) is 2.76. The molecule has 0 spiro atoms. The van der Waals surface area contributed by atoms with E-state index in [1.54, 1.807) is 0 Å². The predicted octanol–water partition coefficient (Wildman–Crippen LogP) is 3.28. The van der Waals surface area contributed by atoms with E-state index in [0.29, 0.717) is 11.6 Å². The number of halogens is 1. The molecule has 0 saturated heterocycles. The van der Waals surface area contributed by atoms with Crippen molar-refractivity contribution in [1.29, 1.82) is 0 Å². The summed E-state index contributed by atoms with van der Waals surface area (Å²) in [5.74, 6) is 0. The summed E-state index contributed by atoms with van der Waals surface area (Å²) < 4.78 is 2.13. The summed E-state index contributed by atoms with van der Waals surface area (Å²) in [5, 5.41) is 4.14. The Bertz CT molecular complexity index is 520. The first kappa shape index (κ1) is 12.7. The summed E-state index contributed by atoms with van der Waals surface area (Å²) in [6, 6.07) is 12.4. The van der Waals surface area contributed by atoms with E-state index in [4.69, 9.17) is 11.6 Å². The fourth-order valence-electron chi connectivity index (χ4n) is 1.79. The number of hydrogen-bond donors (Lipinski definition) is 0. The third kappa shape index (κ3) is 3.64. The highest BCUT2D eigenvalue weighted by Gasteiger charge is 2.02. The van der Waals surface area contributed by atoms with Crippen LogP contribution >= 0.6 is 11.6 Å². The molecule has 0 aliphatic rings. The van der Waals surface area contributed by atoms with Gasteiger partial charge in [-0.25, -0.2) is 0 Å². The van der Waals surface area contributed by atoms with Crippen molar-refractivity contribution in [3.8, 4) is 0 Å². The fraction of sp³-hybridized carbons (Fsp3) is 0.214. The molecule has 1 heterocycles. The first-order valence-electron chi connectivity index (χ1n) is 5.72. The molecular weight excluding hydrogens is 248 g/mol. The van der Waals surface area contributed by atoms with Gasteiger partial charge in [0, 0.05) is 25.4 Å². The zero-order valence-corrected chi connectivity index (χ0v) is 11.0. The molecule has 0 unspecified atom stereocenters. The van der Waals surface area contributed by atoms with Crippen molar-refractivity contribution in [3.63, 3.8) is 0 Å². The molecule has 2 rings (SSSR count). The standard InChI is InChI=1S/C14H15ClN2O/c1-18-16-14(15)9-13-7-8-17(11-13)10-12-5-3-2-4-6-12/h2-8,11H,9-10H2,1H3/b16-14-. The maximum Gasteiger partial charge on any atom is 0.149 e. The van der Waals surface area contributed by atoms with Crippen LogP contribution in [0.3, 0.4) is 0 Å². The van der Waals surface area contributed by atoms with Crippen LogP contribution in [-0.2, 0) is 17.8 Å². The van der Waals surface area contributed by atoms with Crippen molar-refractivity contribution in [3.05, 3.63) is 59.9 Å². The van der Waals surface area contributed by atoms with Crippen molar-refractivity contribution in [2.75, 3.05) is 7.11 Å². The molecular formula is C14H15ClN2O. The average molecular weight is 263 g/mol. The van der Waals surface area contributed by atoms with Crippen LogP contribution in [0.5, 0.6) is 0 Å². The van der Waals surface area contributed by atoms with E-state index in [1.165, 1.54) is 12.7 Å². The van der Waals surface area contributed by atoms with Gasteiger partial charge in [-0.3, -0.25) is 0 Å². The average Bonchev–Trinajstić information content (AvgIpc) is 2.78. The highest BCUT2D eigenvalue weighted by atomic mass is 35.5. The van der Waals surface area contributed by atoms with Crippen molar-refractivity contribution < 1.29 is 4.84 Å². The van der Waals surface area contributed by atoms with E-state index >= 15 is 0 Å². The van der Waals surface area contributed by atoms with E-state index < -0.39 is 0 Å². The van der Waals surface area contributed by atoms with Gasteiger partial charge in [-0.15, -0.1) is 0 Å². The molecule has 2 aromatic rings. The minimum atomic E-state index is 0.454. The largest absolute Gasteiger partial charge is 0.398 e. The molecule has 0 aliphatic carbocycles. The van der Waals surface area contributed by atoms with Crippen LogP contribution in [0.15, 0.2) is 53.9 Å². The summed E-state index contributed by atoms with van der Waals surface area (Å²) in [6.07, 6.45) is 4.71. The zero-order valence-electron chi connectivity index (χ0n) is 10.2. The molecule has 1 aromatic heterocycles. The van der Waals surface area contributed by atoms with Gasteiger partial charge in [0.1, 0.15) is 12.3 Å². The molecule has 3 nitrogen and oxygen atoms in total. The number of nitrogens with zero attached hydrogens (tertiary/aromatic N) is 2. The number of benzene rings is 1. The Kier molecular flexibility index (Phi) is 4.42. The van der Waals surface area contributed by atoms with Crippen molar-refractivity contribution in [2.24, 2.45) is 5.16 Å². The summed E-state index contributed by atoms with van der Waals surface area (Å²) >= 11 is 5.90. The van der Waals surface area contributed by atoms with Gasteiger partial charge in [-0.2, -0.15) is 0 Å². The molecule has 94 valence electrons. The molecule has 4 heteroatoms. The lowest BCUT2D eigenvalue weighted by atomic mass is 10.2. The van der Waals surface area contributed by atoms with E-state index in [-0.39, 0.29) is 0 Å². The minimum Gasteiger partial charge on any atom is -0.398 e. The molecule has 0 saturated carbocycles. The SMILES string of the molecule is CO/N=C(\Cl)Cc1ccn(Cc2ccccc2)c1. The number of hydrogen-bond acceptors (Lipinski definition) is 2. The Balaban J connectivity index is 2.00. The Morgan fingerprint density at radius 1 is 1.22 bits per heavy atom. The van der Waals surface area contributed by atoms with Crippen LogP contribution in [0.4, 0.5) is 0 Å². The van der Waals surface area contributed by atoms with Gasteiger partial charge in [0.15, 0.2) is 0 Å². The van der Waals surface area contributed by atoms with Crippen LogP contribution in [-0.4, -0.2) is 16.8 Å². The second-order valence-corrected chi connectivity index (χ2v) is 4.44. The Morgan fingerprint density at radius 3 is 2.72 bits per heavy atom. The molecule has 1 aromatic carbocycles. The molecule has 0 radical (unpaired) electrons. The van der Waals surface area contributed by atoms with Crippen LogP contribution in [0.1, 0.15) is 11.1 Å². The summed E-state index contributed by atoms with van der Waals surface area (Å²) in [5.41, 5.74) is 2.40. The van der Waals surface area contributed by atoms with E-state index in [1.807, 2.05) is 30.5 Å². The lowest BCUT2D eigenvalue weighted by molar-refractivity contribution is 0.214. The van der Waals surface area contributed by atoms with Crippen LogP contribution in [0.25, 0.3) is 0 Å². The summed E-state index contributed by atoms with van der Waals surface area (Å²) in [6.45, 7) is 0.861. The second-order valence-electron chi connectivity index (χ2n) is 4.00. The molecule has 18 heavy (non-hydrogen) atoms. The quantitative estimate of drug-likeness (QED) is 0.600. The van der Waals surface area contributed by atoms with E-state index in [0.717, 1.165) is 12.1 Å². The highest BCUT2D eigenvalue weighted by molar-refractivity contribution is 6.65. The minimum absolute atomic E-state index is 0.454. The van der Waals surface area contributed by atoms with Gasteiger partial charge in [0.25, 0.3) is 0 Å². The van der Waals surface area contributed by atoms with Gasteiger partial charge in [0.2, 0.25) is 0 Å². The van der Waals surface area contributed by atoms with Crippen molar-refractivity contribution in [1.82, 2.24) is 4.57 Å².